The molecule has 1 rings (SSSR count). The third kappa shape index (κ3) is 4.59. The molecule has 0 fully saturated rings. The number of nitrogens with zero attached hydrogens (tertiary/aromatic N) is 1. The average molecular weight is 359 g/mol. The van der Waals surface area contributed by atoms with Crippen LogP contribution in [0.3, 0.4) is 0 Å². The molecule has 0 aromatic heterocycles. The minimum atomic E-state index is 0.159. The number of hydrogen-bond donors (Lipinski definition) is 1. The van der Waals surface area contributed by atoms with Gasteiger partial charge in [-0.2, -0.15) is 0 Å². The van der Waals surface area contributed by atoms with Gasteiger partial charge in [0, 0.05) is 23.6 Å². The molecule has 0 saturated carbocycles. The zero-order valence-electron chi connectivity index (χ0n) is 13.6. The molecule has 1 unspecified atom stereocenters. The summed E-state index contributed by atoms with van der Waals surface area (Å²) in [4.78, 5) is 2.40. The summed E-state index contributed by atoms with van der Waals surface area (Å²) < 4.78 is 11.8. The standard InChI is InChI=1S/C16H27BrN2O2/c1-6-19(10-11(2)3)14(9-18)12-7-15(20-4)16(21-5)8-13(12)17/h7-8,11,14H,6,9-10,18H2,1-5H3. The fraction of sp³-hybridized carbons (Fsp3) is 0.625. The van der Waals surface area contributed by atoms with Crippen molar-refractivity contribution in [1.29, 1.82) is 0 Å². The monoisotopic (exact) mass is 358 g/mol. The maximum absolute atomic E-state index is 6.05. The second-order valence-corrected chi connectivity index (χ2v) is 6.32. The number of likely N-dealkylation sites (N-methyl/N-ethyl adjacent to an activating group) is 1. The third-order valence-corrected chi connectivity index (χ3v) is 4.22. The van der Waals surface area contributed by atoms with Gasteiger partial charge in [0.15, 0.2) is 11.5 Å². The van der Waals surface area contributed by atoms with Gasteiger partial charge in [0.25, 0.3) is 0 Å². The van der Waals surface area contributed by atoms with E-state index in [4.69, 9.17) is 15.2 Å². The highest BCUT2D eigenvalue weighted by atomic mass is 79.9. The molecular weight excluding hydrogens is 332 g/mol. The second-order valence-electron chi connectivity index (χ2n) is 5.46. The zero-order valence-corrected chi connectivity index (χ0v) is 15.2. The predicted octanol–water partition coefficient (Wildman–Crippen LogP) is 3.44. The molecule has 2 N–H and O–H groups in total. The van der Waals surface area contributed by atoms with Crippen LogP contribution in [0.15, 0.2) is 16.6 Å². The van der Waals surface area contributed by atoms with Gasteiger partial charge in [-0.15, -0.1) is 0 Å². The molecule has 5 heteroatoms. The van der Waals surface area contributed by atoms with Gasteiger partial charge in [-0.3, -0.25) is 4.90 Å². The Balaban J connectivity index is 3.20. The quantitative estimate of drug-likeness (QED) is 0.772. The SMILES string of the molecule is CCN(CC(C)C)C(CN)c1cc(OC)c(OC)cc1Br. The lowest BCUT2D eigenvalue weighted by molar-refractivity contribution is 0.188. The van der Waals surface area contributed by atoms with Gasteiger partial charge < -0.3 is 15.2 Å². The van der Waals surface area contributed by atoms with Gasteiger partial charge in [-0.05, 0) is 30.2 Å². The first-order valence-corrected chi connectivity index (χ1v) is 8.13. The molecule has 21 heavy (non-hydrogen) atoms. The maximum Gasteiger partial charge on any atom is 0.161 e. The van der Waals surface area contributed by atoms with E-state index in [0.29, 0.717) is 12.5 Å². The summed E-state index contributed by atoms with van der Waals surface area (Å²) >= 11 is 3.64. The Morgan fingerprint density at radius 3 is 2.19 bits per heavy atom. The molecule has 1 aromatic rings. The van der Waals surface area contributed by atoms with Crippen molar-refractivity contribution in [2.24, 2.45) is 11.7 Å². The number of methoxy groups -OCH3 is 2. The Bertz CT molecular complexity index is 452. The van der Waals surface area contributed by atoms with Crippen molar-refractivity contribution in [2.45, 2.75) is 26.8 Å². The number of benzene rings is 1. The molecule has 0 amide bonds. The molecule has 4 nitrogen and oxygen atoms in total. The Hall–Kier alpha value is -0.780. The Morgan fingerprint density at radius 1 is 1.19 bits per heavy atom. The van der Waals surface area contributed by atoms with E-state index in [-0.39, 0.29) is 6.04 Å². The van der Waals surface area contributed by atoms with E-state index < -0.39 is 0 Å². The third-order valence-electron chi connectivity index (χ3n) is 3.53. The molecule has 1 aromatic carbocycles. The summed E-state index contributed by atoms with van der Waals surface area (Å²) in [6.45, 7) is 9.15. The normalized spacial score (nSPS) is 12.8. The second kappa shape index (κ2) is 8.61. The average Bonchev–Trinajstić information content (AvgIpc) is 2.47. The summed E-state index contributed by atoms with van der Waals surface area (Å²) in [7, 11) is 3.29. The van der Waals surface area contributed by atoms with E-state index >= 15 is 0 Å². The van der Waals surface area contributed by atoms with Crippen LogP contribution in [0.5, 0.6) is 11.5 Å². The van der Waals surface area contributed by atoms with Crippen LogP contribution in [0.25, 0.3) is 0 Å². The highest BCUT2D eigenvalue weighted by Gasteiger charge is 2.22. The smallest absolute Gasteiger partial charge is 0.161 e. The van der Waals surface area contributed by atoms with Crippen molar-refractivity contribution >= 4 is 15.9 Å². The van der Waals surface area contributed by atoms with Crippen LogP contribution in [-0.2, 0) is 0 Å². The highest BCUT2D eigenvalue weighted by Crippen LogP contribution is 2.37. The Kier molecular flexibility index (Phi) is 7.49. The molecule has 0 radical (unpaired) electrons. The van der Waals surface area contributed by atoms with Crippen molar-refractivity contribution < 1.29 is 9.47 Å². The van der Waals surface area contributed by atoms with Gasteiger partial charge in [0.2, 0.25) is 0 Å². The van der Waals surface area contributed by atoms with Crippen LogP contribution in [-0.4, -0.2) is 38.8 Å². The summed E-state index contributed by atoms with van der Waals surface area (Å²) in [5.74, 6) is 2.04. The van der Waals surface area contributed by atoms with Crippen molar-refractivity contribution in [2.75, 3.05) is 33.9 Å². The Labute approximate surface area is 136 Å². The van der Waals surface area contributed by atoms with Crippen LogP contribution >= 0.6 is 15.9 Å². The van der Waals surface area contributed by atoms with Crippen molar-refractivity contribution in [3.8, 4) is 11.5 Å². The molecule has 0 aliphatic carbocycles. The van der Waals surface area contributed by atoms with Crippen LogP contribution in [0, 0.1) is 5.92 Å². The largest absolute Gasteiger partial charge is 0.493 e. The molecule has 0 saturated heterocycles. The lowest BCUT2D eigenvalue weighted by atomic mass is 10.0. The van der Waals surface area contributed by atoms with Crippen molar-refractivity contribution in [3.63, 3.8) is 0 Å². The zero-order chi connectivity index (χ0) is 16.0. The highest BCUT2D eigenvalue weighted by molar-refractivity contribution is 9.10. The molecular formula is C16H27BrN2O2. The number of halogens is 1. The van der Waals surface area contributed by atoms with Crippen LogP contribution in [0.2, 0.25) is 0 Å². The van der Waals surface area contributed by atoms with Gasteiger partial charge in [0.1, 0.15) is 0 Å². The van der Waals surface area contributed by atoms with Crippen LogP contribution < -0.4 is 15.2 Å². The van der Waals surface area contributed by atoms with E-state index in [9.17, 15) is 0 Å². The Morgan fingerprint density at radius 2 is 1.76 bits per heavy atom. The maximum atomic E-state index is 6.05. The van der Waals surface area contributed by atoms with Gasteiger partial charge >= 0.3 is 0 Å². The predicted molar refractivity (Wildman–Crippen MR) is 91.1 cm³/mol. The summed E-state index contributed by atoms with van der Waals surface area (Å²) in [6, 6.07) is 4.12. The molecule has 0 heterocycles. The van der Waals surface area contributed by atoms with Crippen molar-refractivity contribution in [3.05, 3.63) is 22.2 Å². The summed E-state index contributed by atoms with van der Waals surface area (Å²) in [5, 5.41) is 0. The van der Waals surface area contributed by atoms with Crippen LogP contribution in [0.4, 0.5) is 0 Å². The minimum Gasteiger partial charge on any atom is -0.493 e. The summed E-state index contributed by atoms with van der Waals surface area (Å²) in [5.41, 5.74) is 7.19. The number of ether oxygens (including phenoxy) is 2. The van der Waals surface area contributed by atoms with Crippen LogP contribution in [0.1, 0.15) is 32.4 Å². The molecule has 0 bridgehead atoms. The fourth-order valence-corrected chi connectivity index (χ4v) is 3.13. The topological polar surface area (TPSA) is 47.7 Å². The van der Waals surface area contributed by atoms with E-state index in [1.54, 1.807) is 14.2 Å². The number of nitrogens with two attached hydrogens (primary N) is 1. The minimum absolute atomic E-state index is 0.159. The van der Waals surface area contributed by atoms with Gasteiger partial charge in [-0.1, -0.05) is 36.7 Å². The van der Waals surface area contributed by atoms with Gasteiger partial charge in [0.05, 0.1) is 14.2 Å². The molecule has 0 aliphatic rings. The first-order valence-electron chi connectivity index (χ1n) is 7.33. The van der Waals surface area contributed by atoms with E-state index in [1.165, 1.54) is 0 Å². The first-order chi connectivity index (χ1) is 9.98. The lowest BCUT2D eigenvalue weighted by Gasteiger charge is -2.32. The molecule has 120 valence electrons. The fourth-order valence-electron chi connectivity index (χ4n) is 2.54. The van der Waals surface area contributed by atoms with E-state index in [2.05, 4.69) is 41.6 Å². The van der Waals surface area contributed by atoms with Crippen molar-refractivity contribution in [1.82, 2.24) is 4.90 Å². The number of hydrogen-bond acceptors (Lipinski definition) is 4. The molecule has 0 aliphatic heterocycles. The van der Waals surface area contributed by atoms with E-state index in [0.717, 1.165) is 34.6 Å². The van der Waals surface area contributed by atoms with Gasteiger partial charge in [-0.25, -0.2) is 0 Å². The molecule has 1 atom stereocenters. The first kappa shape index (κ1) is 18.3. The summed E-state index contributed by atoms with van der Waals surface area (Å²) in [6.07, 6.45) is 0. The lowest BCUT2D eigenvalue weighted by Crippen LogP contribution is -2.36. The molecule has 0 spiro atoms. The van der Waals surface area contributed by atoms with E-state index in [1.807, 2.05) is 12.1 Å². The number of rotatable bonds is 8.